The molecule has 1 atom stereocenters. The van der Waals surface area contributed by atoms with Crippen molar-refractivity contribution in [1.29, 1.82) is 0 Å². The largest absolute Gasteiger partial charge is 0.358 e. The quantitative estimate of drug-likeness (QED) is 0.669. The number of nitrogens with one attached hydrogen (secondary N) is 1. The van der Waals surface area contributed by atoms with Gasteiger partial charge in [0.2, 0.25) is 5.82 Å². The molecule has 0 saturated heterocycles. The Bertz CT molecular complexity index is 609. The number of aryl methyl sites for hydroxylation is 2. The summed E-state index contributed by atoms with van der Waals surface area (Å²) in [6.07, 6.45) is 3.43. The number of hydrogen-bond acceptors (Lipinski definition) is 5. The summed E-state index contributed by atoms with van der Waals surface area (Å²) in [5.41, 5.74) is 1.41. The third-order valence-electron chi connectivity index (χ3n) is 3.12. The summed E-state index contributed by atoms with van der Waals surface area (Å²) in [5.74, 6) is 0.436. The predicted molar refractivity (Wildman–Crippen MR) is 75.6 cm³/mol. The number of nitro groups is 1. The normalized spacial score (nSPS) is 12.2. The average molecular weight is 275 g/mol. The zero-order chi connectivity index (χ0) is 14.7. The lowest BCUT2D eigenvalue weighted by atomic mass is 10.1. The molecule has 20 heavy (non-hydrogen) atoms. The number of rotatable bonds is 5. The Morgan fingerprint density at radius 3 is 2.85 bits per heavy atom. The van der Waals surface area contributed by atoms with E-state index in [1.807, 2.05) is 26.0 Å². The van der Waals surface area contributed by atoms with Crippen LogP contribution in [0.2, 0.25) is 0 Å². The first-order chi connectivity index (χ1) is 9.54. The van der Waals surface area contributed by atoms with Crippen molar-refractivity contribution in [3.63, 3.8) is 0 Å². The van der Waals surface area contributed by atoms with E-state index in [-0.39, 0.29) is 11.7 Å². The minimum absolute atomic E-state index is 0.0302. The molecule has 0 spiro atoms. The van der Waals surface area contributed by atoms with Crippen molar-refractivity contribution in [2.24, 2.45) is 0 Å². The van der Waals surface area contributed by atoms with E-state index in [4.69, 9.17) is 0 Å². The van der Waals surface area contributed by atoms with Crippen LogP contribution in [0.1, 0.15) is 31.1 Å². The molecular weight excluding hydrogens is 258 g/mol. The van der Waals surface area contributed by atoms with Crippen LogP contribution >= 0.6 is 0 Å². The van der Waals surface area contributed by atoms with Crippen LogP contribution in [-0.4, -0.2) is 19.7 Å². The van der Waals surface area contributed by atoms with Gasteiger partial charge in [-0.1, -0.05) is 6.07 Å². The monoisotopic (exact) mass is 275 g/mol. The molecule has 0 aliphatic carbocycles. The van der Waals surface area contributed by atoms with Crippen molar-refractivity contribution < 1.29 is 4.92 Å². The van der Waals surface area contributed by atoms with Crippen molar-refractivity contribution >= 4 is 11.5 Å². The summed E-state index contributed by atoms with van der Waals surface area (Å²) in [7, 11) is 0. The van der Waals surface area contributed by atoms with Crippen LogP contribution in [0.15, 0.2) is 24.5 Å². The molecule has 0 bridgehead atoms. The maximum atomic E-state index is 11.2. The molecule has 1 unspecified atom stereocenters. The molecule has 0 aliphatic rings. The van der Waals surface area contributed by atoms with Gasteiger partial charge in [-0.2, -0.15) is 5.10 Å². The molecule has 1 N–H and O–H groups in total. The van der Waals surface area contributed by atoms with E-state index in [0.29, 0.717) is 18.1 Å². The van der Waals surface area contributed by atoms with Gasteiger partial charge in [0.1, 0.15) is 5.69 Å². The van der Waals surface area contributed by atoms with E-state index in [1.54, 1.807) is 24.0 Å². The number of hydrogen-bond donors (Lipinski definition) is 1. The van der Waals surface area contributed by atoms with E-state index in [0.717, 1.165) is 5.56 Å². The van der Waals surface area contributed by atoms with Crippen LogP contribution in [0, 0.1) is 17.0 Å². The SMILES string of the molecule is CCn1nc(C)c([N+](=O)[O-])c1NC(C)c1cccnc1. The highest BCUT2D eigenvalue weighted by Gasteiger charge is 2.26. The van der Waals surface area contributed by atoms with Crippen molar-refractivity contribution in [2.75, 3.05) is 5.32 Å². The van der Waals surface area contributed by atoms with E-state index in [2.05, 4.69) is 15.4 Å². The molecular formula is C13H17N5O2. The summed E-state index contributed by atoms with van der Waals surface area (Å²) in [6.45, 7) is 6.04. The first-order valence-corrected chi connectivity index (χ1v) is 6.42. The van der Waals surface area contributed by atoms with Gasteiger partial charge in [-0.15, -0.1) is 0 Å². The fourth-order valence-corrected chi connectivity index (χ4v) is 2.08. The van der Waals surface area contributed by atoms with Crippen LogP contribution in [0.4, 0.5) is 11.5 Å². The Morgan fingerprint density at radius 1 is 1.55 bits per heavy atom. The van der Waals surface area contributed by atoms with Crippen molar-refractivity contribution in [2.45, 2.75) is 33.4 Å². The minimum atomic E-state index is -0.396. The Balaban J connectivity index is 2.35. The van der Waals surface area contributed by atoms with Crippen molar-refractivity contribution in [3.05, 3.63) is 45.9 Å². The Kier molecular flexibility index (Phi) is 3.97. The highest BCUT2D eigenvalue weighted by atomic mass is 16.6. The van der Waals surface area contributed by atoms with Gasteiger partial charge in [0, 0.05) is 18.9 Å². The third-order valence-corrected chi connectivity index (χ3v) is 3.12. The summed E-state index contributed by atoms with van der Waals surface area (Å²) in [4.78, 5) is 14.9. The molecule has 0 saturated carbocycles. The van der Waals surface area contributed by atoms with Gasteiger partial charge in [-0.25, -0.2) is 4.68 Å². The molecule has 0 aromatic carbocycles. The molecule has 7 nitrogen and oxygen atoms in total. The third kappa shape index (κ3) is 2.61. The highest BCUT2D eigenvalue weighted by molar-refractivity contribution is 5.60. The van der Waals surface area contributed by atoms with Gasteiger partial charge in [-0.3, -0.25) is 15.1 Å². The summed E-state index contributed by atoms with van der Waals surface area (Å²) >= 11 is 0. The average Bonchev–Trinajstić information content (AvgIpc) is 2.75. The summed E-state index contributed by atoms with van der Waals surface area (Å²) in [5, 5.41) is 18.6. The van der Waals surface area contributed by atoms with Crippen LogP contribution in [-0.2, 0) is 6.54 Å². The fourth-order valence-electron chi connectivity index (χ4n) is 2.08. The molecule has 0 aliphatic heterocycles. The summed E-state index contributed by atoms with van der Waals surface area (Å²) < 4.78 is 1.61. The maximum absolute atomic E-state index is 11.2. The van der Waals surface area contributed by atoms with Crippen LogP contribution in [0.25, 0.3) is 0 Å². The first-order valence-electron chi connectivity index (χ1n) is 6.42. The lowest BCUT2D eigenvalue weighted by molar-refractivity contribution is -0.384. The van der Waals surface area contributed by atoms with E-state index in [1.165, 1.54) is 0 Å². The highest BCUT2D eigenvalue weighted by Crippen LogP contribution is 2.31. The molecule has 0 amide bonds. The molecule has 2 rings (SSSR count). The zero-order valence-electron chi connectivity index (χ0n) is 11.7. The fraction of sp³-hybridized carbons (Fsp3) is 0.385. The van der Waals surface area contributed by atoms with Gasteiger partial charge in [0.15, 0.2) is 0 Å². The van der Waals surface area contributed by atoms with Crippen LogP contribution in [0.3, 0.4) is 0 Å². The summed E-state index contributed by atoms with van der Waals surface area (Å²) in [6, 6.07) is 3.67. The van der Waals surface area contributed by atoms with Crippen molar-refractivity contribution in [3.8, 4) is 0 Å². The number of pyridine rings is 1. The van der Waals surface area contributed by atoms with E-state index < -0.39 is 4.92 Å². The van der Waals surface area contributed by atoms with Gasteiger partial charge in [0.05, 0.1) is 11.0 Å². The van der Waals surface area contributed by atoms with Crippen LogP contribution < -0.4 is 5.32 Å². The Hall–Kier alpha value is -2.44. The smallest absolute Gasteiger partial charge is 0.333 e. The molecule has 2 heterocycles. The maximum Gasteiger partial charge on any atom is 0.333 e. The van der Waals surface area contributed by atoms with Gasteiger partial charge < -0.3 is 5.32 Å². The number of nitrogens with zero attached hydrogens (tertiary/aromatic N) is 4. The molecule has 7 heteroatoms. The van der Waals surface area contributed by atoms with Gasteiger partial charge >= 0.3 is 5.69 Å². The molecule has 2 aromatic heterocycles. The van der Waals surface area contributed by atoms with E-state index >= 15 is 0 Å². The minimum Gasteiger partial charge on any atom is -0.358 e. The second-order valence-electron chi connectivity index (χ2n) is 4.51. The van der Waals surface area contributed by atoms with Gasteiger partial charge in [-0.05, 0) is 32.4 Å². The lowest BCUT2D eigenvalue weighted by Gasteiger charge is -2.15. The number of aromatic nitrogens is 3. The second kappa shape index (κ2) is 5.68. The molecule has 0 radical (unpaired) electrons. The lowest BCUT2D eigenvalue weighted by Crippen LogP contribution is -2.12. The number of anilines is 1. The predicted octanol–water partition coefficient (Wildman–Crippen LogP) is 2.69. The van der Waals surface area contributed by atoms with Crippen molar-refractivity contribution in [1.82, 2.24) is 14.8 Å². The van der Waals surface area contributed by atoms with Crippen LogP contribution in [0.5, 0.6) is 0 Å². The topological polar surface area (TPSA) is 85.9 Å². The Morgan fingerprint density at radius 2 is 2.30 bits per heavy atom. The standard InChI is InChI=1S/C13H17N5O2/c1-4-17-13(12(18(19)20)10(3)16-17)15-9(2)11-6-5-7-14-8-11/h5-9,15H,4H2,1-3H3. The zero-order valence-corrected chi connectivity index (χ0v) is 11.7. The second-order valence-corrected chi connectivity index (χ2v) is 4.51. The molecule has 0 fully saturated rings. The molecule has 106 valence electrons. The Labute approximate surface area is 116 Å². The first kappa shape index (κ1) is 14.0. The van der Waals surface area contributed by atoms with E-state index in [9.17, 15) is 10.1 Å². The molecule has 2 aromatic rings. The van der Waals surface area contributed by atoms with Gasteiger partial charge in [0.25, 0.3) is 0 Å².